The van der Waals surface area contributed by atoms with Crippen LogP contribution in [0.4, 0.5) is 0 Å². The SMILES string of the molecule is CCONC(C)c1c(C)cc(C)cc1C. The van der Waals surface area contributed by atoms with Gasteiger partial charge in [0.2, 0.25) is 0 Å². The van der Waals surface area contributed by atoms with Crippen molar-refractivity contribution >= 4 is 0 Å². The van der Waals surface area contributed by atoms with Gasteiger partial charge in [-0.05, 0) is 51.3 Å². The van der Waals surface area contributed by atoms with E-state index < -0.39 is 0 Å². The summed E-state index contributed by atoms with van der Waals surface area (Å²) in [7, 11) is 0. The lowest BCUT2D eigenvalue weighted by molar-refractivity contribution is 0.0282. The molecule has 1 rings (SSSR count). The van der Waals surface area contributed by atoms with E-state index in [1.54, 1.807) is 0 Å². The van der Waals surface area contributed by atoms with E-state index in [1.807, 2.05) is 6.92 Å². The van der Waals surface area contributed by atoms with Gasteiger partial charge in [0.05, 0.1) is 12.6 Å². The summed E-state index contributed by atoms with van der Waals surface area (Å²) in [5.74, 6) is 0. The molecule has 0 aliphatic carbocycles. The summed E-state index contributed by atoms with van der Waals surface area (Å²) in [5, 5.41) is 0. The molecule has 0 aromatic heterocycles. The molecule has 1 aromatic rings. The van der Waals surface area contributed by atoms with Gasteiger partial charge in [0, 0.05) is 0 Å². The number of rotatable bonds is 4. The molecule has 0 heterocycles. The third-order valence-corrected chi connectivity index (χ3v) is 2.58. The third-order valence-electron chi connectivity index (χ3n) is 2.58. The van der Waals surface area contributed by atoms with Crippen LogP contribution < -0.4 is 5.48 Å². The maximum Gasteiger partial charge on any atom is 0.0654 e. The van der Waals surface area contributed by atoms with Crippen LogP contribution in [-0.2, 0) is 4.84 Å². The molecule has 0 saturated carbocycles. The monoisotopic (exact) mass is 207 g/mol. The molecule has 1 unspecified atom stereocenters. The van der Waals surface area contributed by atoms with Crippen LogP contribution in [0.5, 0.6) is 0 Å². The fourth-order valence-electron chi connectivity index (χ4n) is 2.14. The molecule has 0 radical (unpaired) electrons. The summed E-state index contributed by atoms with van der Waals surface area (Å²) in [6, 6.07) is 4.67. The molecule has 1 aromatic carbocycles. The van der Waals surface area contributed by atoms with Crippen molar-refractivity contribution in [1.82, 2.24) is 5.48 Å². The smallest absolute Gasteiger partial charge is 0.0654 e. The maximum atomic E-state index is 5.24. The zero-order chi connectivity index (χ0) is 11.4. The molecule has 0 bridgehead atoms. The van der Waals surface area contributed by atoms with Gasteiger partial charge in [0.15, 0.2) is 0 Å². The van der Waals surface area contributed by atoms with Crippen molar-refractivity contribution in [3.05, 3.63) is 34.4 Å². The highest BCUT2D eigenvalue weighted by Crippen LogP contribution is 2.23. The Morgan fingerprint density at radius 2 is 1.73 bits per heavy atom. The van der Waals surface area contributed by atoms with E-state index in [0.29, 0.717) is 6.61 Å². The van der Waals surface area contributed by atoms with E-state index in [0.717, 1.165) is 0 Å². The van der Waals surface area contributed by atoms with Crippen molar-refractivity contribution in [2.24, 2.45) is 0 Å². The van der Waals surface area contributed by atoms with Crippen molar-refractivity contribution in [2.45, 2.75) is 40.7 Å². The lowest BCUT2D eigenvalue weighted by atomic mass is 9.95. The molecule has 2 nitrogen and oxygen atoms in total. The van der Waals surface area contributed by atoms with Crippen LogP contribution in [-0.4, -0.2) is 6.61 Å². The largest absolute Gasteiger partial charge is 0.302 e. The van der Waals surface area contributed by atoms with Crippen molar-refractivity contribution in [3.63, 3.8) is 0 Å². The normalized spacial score (nSPS) is 12.9. The molecule has 2 heteroatoms. The van der Waals surface area contributed by atoms with Gasteiger partial charge in [-0.3, -0.25) is 0 Å². The van der Waals surface area contributed by atoms with Gasteiger partial charge in [-0.25, -0.2) is 0 Å². The highest BCUT2D eigenvalue weighted by Gasteiger charge is 2.11. The fourth-order valence-corrected chi connectivity index (χ4v) is 2.14. The zero-order valence-corrected chi connectivity index (χ0v) is 10.3. The number of hydroxylamine groups is 1. The standard InChI is InChI=1S/C13H21NO/c1-6-15-14-12(5)13-10(3)7-9(2)8-11(13)4/h7-8,12,14H,6H2,1-5H3. The minimum Gasteiger partial charge on any atom is -0.302 e. The molecule has 0 aliphatic heterocycles. The second kappa shape index (κ2) is 5.29. The summed E-state index contributed by atoms with van der Waals surface area (Å²) >= 11 is 0. The molecule has 0 saturated heterocycles. The first kappa shape index (κ1) is 12.2. The first-order valence-electron chi connectivity index (χ1n) is 5.51. The van der Waals surface area contributed by atoms with Gasteiger partial charge in [-0.15, -0.1) is 0 Å². The summed E-state index contributed by atoms with van der Waals surface area (Å²) in [6.45, 7) is 11.2. The zero-order valence-electron chi connectivity index (χ0n) is 10.3. The van der Waals surface area contributed by atoms with Crippen LogP contribution in [0.3, 0.4) is 0 Å². The summed E-state index contributed by atoms with van der Waals surface area (Å²) in [6.07, 6.45) is 0. The van der Waals surface area contributed by atoms with Crippen LogP contribution in [0.2, 0.25) is 0 Å². The van der Waals surface area contributed by atoms with Crippen molar-refractivity contribution in [3.8, 4) is 0 Å². The highest BCUT2D eigenvalue weighted by atomic mass is 16.6. The van der Waals surface area contributed by atoms with E-state index in [4.69, 9.17) is 4.84 Å². The molecule has 0 fully saturated rings. The average molecular weight is 207 g/mol. The van der Waals surface area contributed by atoms with Crippen LogP contribution in [0.15, 0.2) is 12.1 Å². The first-order valence-corrected chi connectivity index (χ1v) is 5.51. The Hall–Kier alpha value is -0.860. The second-order valence-corrected chi connectivity index (χ2v) is 4.08. The van der Waals surface area contributed by atoms with Gasteiger partial charge in [-0.1, -0.05) is 17.7 Å². The Morgan fingerprint density at radius 3 is 2.20 bits per heavy atom. The lowest BCUT2D eigenvalue weighted by Crippen LogP contribution is -2.20. The molecule has 1 atom stereocenters. The Bertz CT molecular complexity index is 310. The predicted octanol–water partition coefficient (Wildman–Crippen LogP) is 3.21. The van der Waals surface area contributed by atoms with E-state index in [-0.39, 0.29) is 6.04 Å². The molecule has 0 aliphatic rings. The summed E-state index contributed by atoms with van der Waals surface area (Å²) in [4.78, 5) is 5.24. The topological polar surface area (TPSA) is 21.3 Å². The Balaban J connectivity index is 2.92. The highest BCUT2D eigenvalue weighted by molar-refractivity contribution is 5.39. The van der Waals surface area contributed by atoms with Crippen molar-refractivity contribution < 1.29 is 4.84 Å². The van der Waals surface area contributed by atoms with Crippen LogP contribution in [0.25, 0.3) is 0 Å². The molecular weight excluding hydrogens is 186 g/mol. The molecule has 0 spiro atoms. The molecular formula is C13H21NO. The average Bonchev–Trinajstić information content (AvgIpc) is 2.12. The minimum atomic E-state index is 0.241. The van der Waals surface area contributed by atoms with E-state index in [1.165, 1.54) is 22.3 Å². The summed E-state index contributed by atoms with van der Waals surface area (Å²) < 4.78 is 0. The van der Waals surface area contributed by atoms with Crippen LogP contribution in [0, 0.1) is 20.8 Å². The molecule has 15 heavy (non-hydrogen) atoms. The van der Waals surface area contributed by atoms with E-state index >= 15 is 0 Å². The lowest BCUT2D eigenvalue weighted by Gasteiger charge is -2.19. The van der Waals surface area contributed by atoms with Crippen molar-refractivity contribution in [2.75, 3.05) is 6.61 Å². The summed E-state index contributed by atoms with van der Waals surface area (Å²) in [5.41, 5.74) is 8.36. The fraction of sp³-hybridized carbons (Fsp3) is 0.538. The number of hydrogen-bond acceptors (Lipinski definition) is 2. The number of hydrogen-bond donors (Lipinski definition) is 1. The Labute approximate surface area is 92.6 Å². The van der Waals surface area contributed by atoms with Gasteiger partial charge in [-0.2, -0.15) is 5.48 Å². The minimum absolute atomic E-state index is 0.241. The Morgan fingerprint density at radius 1 is 1.20 bits per heavy atom. The molecule has 1 N–H and O–H groups in total. The molecule has 84 valence electrons. The van der Waals surface area contributed by atoms with Crippen molar-refractivity contribution in [1.29, 1.82) is 0 Å². The number of benzene rings is 1. The Kier molecular flexibility index (Phi) is 4.30. The van der Waals surface area contributed by atoms with Gasteiger partial charge in [0.1, 0.15) is 0 Å². The van der Waals surface area contributed by atoms with E-state index in [9.17, 15) is 0 Å². The third kappa shape index (κ3) is 3.05. The van der Waals surface area contributed by atoms with Gasteiger partial charge < -0.3 is 4.84 Å². The molecule has 0 amide bonds. The number of aryl methyl sites for hydroxylation is 3. The van der Waals surface area contributed by atoms with Crippen LogP contribution >= 0.6 is 0 Å². The van der Waals surface area contributed by atoms with Crippen LogP contribution in [0.1, 0.15) is 42.1 Å². The number of nitrogens with one attached hydrogen (secondary N) is 1. The predicted molar refractivity (Wildman–Crippen MR) is 63.8 cm³/mol. The van der Waals surface area contributed by atoms with Gasteiger partial charge in [0.25, 0.3) is 0 Å². The van der Waals surface area contributed by atoms with E-state index in [2.05, 4.69) is 45.3 Å². The second-order valence-electron chi connectivity index (χ2n) is 4.08. The van der Waals surface area contributed by atoms with Gasteiger partial charge >= 0.3 is 0 Å². The maximum absolute atomic E-state index is 5.24. The quantitative estimate of drug-likeness (QED) is 0.765. The first-order chi connectivity index (χ1) is 7.06.